The number of ether oxygens (including phenoxy) is 1. The summed E-state index contributed by atoms with van der Waals surface area (Å²) < 4.78 is 7.45. The summed E-state index contributed by atoms with van der Waals surface area (Å²) in [7, 11) is 2.04. The zero-order valence-electron chi connectivity index (χ0n) is 12.2. The lowest BCUT2D eigenvalue weighted by molar-refractivity contribution is 0.1000. The molecule has 19 heavy (non-hydrogen) atoms. The highest BCUT2D eigenvalue weighted by Crippen LogP contribution is 2.33. The maximum atomic E-state index is 6.12. The van der Waals surface area contributed by atoms with Crippen LogP contribution in [0.3, 0.4) is 0 Å². The Morgan fingerprint density at radius 1 is 1.47 bits per heavy atom. The second-order valence-electron chi connectivity index (χ2n) is 5.29. The van der Waals surface area contributed by atoms with Gasteiger partial charge in [-0.1, -0.05) is 6.92 Å². The van der Waals surface area contributed by atoms with Crippen molar-refractivity contribution in [1.82, 2.24) is 9.78 Å². The molecule has 0 aromatic carbocycles. The van der Waals surface area contributed by atoms with Crippen LogP contribution in [0.15, 0.2) is 5.03 Å². The van der Waals surface area contributed by atoms with E-state index in [1.165, 1.54) is 10.6 Å². The van der Waals surface area contributed by atoms with Gasteiger partial charge in [-0.2, -0.15) is 5.10 Å². The number of nitrogens with zero attached hydrogens (tertiary/aromatic N) is 2. The van der Waals surface area contributed by atoms with E-state index in [1.54, 1.807) is 0 Å². The third-order valence-electron chi connectivity index (χ3n) is 3.73. The van der Waals surface area contributed by atoms with E-state index in [0.717, 1.165) is 44.6 Å². The third kappa shape index (κ3) is 3.74. The molecule has 2 rings (SSSR count). The molecule has 0 saturated carbocycles. The zero-order valence-corrected chi connectivity index (χ0v) is 13.0. The summed E-state index contributed by atoms with van der Waals surface area (Å²) in [5.74, 6) is 0. The molecule has 1 aliphatic heterocycles. The van der Waals surface area contributed by atoms with Crippen molar-refractivity contribution in [3.8, 4) is 0 Å². The first-order chi connectivity index (χ1) is 9.11. The lowest BCUT2D eigenvalue weighted by atomic mass is 10.1. The van der Waals surface area contributed by atoms with Gasteiger partial charge < -0.3 is 10.5 Å². The van der Waals surface area contributed by atoms with Gasteiger partial charge in [0.15, 0.2) is 0 Å². The molecule has 0 radical (unpaired) electrons. The molecule has 5 heteroatoms. The second-order valence-corrected chi connectivity index (χ2v) is 6.58. The van der Waals surface area contributed by atoms with Crippen LogP contribution in [0.1, 0.15) is 37.4 Å². The summed E-state index contributed by atoms with van der Waals surface area (Å²) in [6.07, 6.45) is 4.21. The van der Waals surface area contributed by atoms with E-state index in [1.807, 2.05) is 23.5 Å². The van der Waals surface area contributed by atoms with Crippen molar-refractivity contribution in [2.24, 2.45) is 12.8 Å². The number of hydrogen-bond donors (Lipinski definition) is 1. The summed E-state index contributed by atoms with van der Waals surface area (Å²) >= 11 is 1.96. The zero-order chi connectivity index (χ0) is 13.8. The quantitative estimate of drug-likeness (QED) is 0.901. The average molecular weight is 283 g/mol. The number of nitrogens with two attached hydrogens (primary N) is 1. The van der Waals surface area contributed by atoms with Crippen molar-refractivity contribution in [3.63, 3.8) is 0 Å². The Labute approximate surface area is 120 Å². The Kier molecular flexibility index (Phi) is 5.30. The van der Waals surface area contributed by atoms with Crippen molar-refractivity contribution in [2.45, 2.75) is 55.8 Å². The molecule has 4 nitrogen and oxygen atoms in total. The predicted molar refractivity (Wildman–Crippen MR) is 79.6 cm³/mol. The van der Waals surface area contributed by atoms with Gasteiger partial charge in [0.1, 0.15) is 0 Å². The Morgan fingerprint density at radius 3 is 2.79 bits per heavy atom. The Hall–Kier alpha value is -0.520. The summed E-state index contributed by atoms with van der Waals surface area (Å²) in [4.78, 5) is 0. The molecule has 1 aromatic heterocycles. The Balaban J connectivity index is 2.13. The molecule has 0 bridgehead atoms. The number of hydrogen-bond acceptors (Lipinski definition) is 4. The van der Waals surface area contributed by atoms with E-state index in [2.05, 4.69) is 18.9 Å². The molecular formula is C14H25N3OS. The highest BCUT2D eigenvalue weighted by Gasteiger charge is 2.21. The molecule has 1 atom stereocenters. The molecule has 1 aliphatic rings. The largest absolute Gasteiger partial charge is 0.381 e. The normalized spacial score (nSPS) is 18.7. The van der Waals surface area contributed by atoms with Crippen LogP contribution in [-0.4, -0.2) is 34.3 Å². The van der Waals surface area contributed by atoms with Crippen LogP contribution >= 0.6 is 11.8 Å². The maximum Gasteiger partial charge on any atom is 0.0974 e. The first kappa shape index (κ1) is 14.9. The van der Waals surface area contributed by atoms with Gasteiger partial charge in [-0.25, -0.2) is 0 Å². The summed E-state index contributed by atoms with van der Waals surface area (Å²) in [5.41, 5.74) is 8.59. The van der Waals surface area contributed by atoms with E-state index in [0.29, 0.717) is 5.25 Å². The van der Waals surface area contributed by atoms with Crippen molar-refractivity contribution in [2.75, 3.05) is 13.2 Å². The molecule has 2 N–H and O–H groups in total. The van der Waals surface area contributed by atoms with Crippen molar-refractivity contribution < 1.29 is 4.74 Å². The standard InChI is InChI=1S/C14H25N3OS/c1-4-11(15)9-13-10(2)16-17(3)14(13)19-12-5-7-18-8-6-12/h11-12H,4-9,15H2,1-3H3. The van der Waals surface area contributed by atoms with Crippen LogP contribution < -0.4 is 5.73 Å². The molecular weight excluding hydrogens is 258 g/mol. The highest BCUT2D eigenvalue weighted by atomic mass is 32.2. The molecule has 0 aliphatic carbocycles. The smallest absolute Gasteiger partial charge is 0.0974 e. The first-order valence-corrected chi connectivity index (χ1v) is 8.02. The fourth-order valence-corrected chi connectivity index (χ4v) is 3.73. The van der Waals surface area contributed by atoms with Gasteiger partial charge in [0, 0.05) is 37.1 Å². The minimum atomic E-state index is 0.233. The van der Waals surface area contributed by atoms with Gasteiger partial charge in [0.2, 0.25) is 0 Å². The maximum absolute atomic E-state index is 6.12. The van der Waals surface area contributed by atoms with Crippen LogP contribution in [0.4, 0.5) is 0 Å². The van der Waals surface area contributed by atoms with Gasteiger partial charge >= 0.3 is 0 Å². The van der Waals surface area contributed by atoms with Crippen LogP contribution in [-0.2, 0) is 18.2 Å². The van der Waals surface area contributed by atoms with Gasteiger partial charge in [0.05, 0.1) is 10.7 Å². The minimum Gasteiger partial charge on any atom is -0.381 e. The van der Waals surface area contributed by atoms with Crippen molar-refractivity contribution in [3.05, 3.63) is 11.3 Å². The number of aryl methyl sites for hydroxylation is 2. The molecule has 2 heterocycles. The molecule has 1 aromatic rings. The van der Waals surface area contributed by atoms with Gasteiger partial charge in [0.25, 0.3) is 0 Å². The number of rotatable bonds is 5. The summed E-state index contributed by atoms with van der Waals surface area (Å²) in [5, 5.41) is 6.53. The van der Waals surface area contributed by atoms with Gasteiger partial charge in [-0.3, -0.25) is 4.68 Å². The molecule has 1 saturated heterocycles. The molecule has 0 amide bonds. The van der Waals surface area contributed by atoms with E-state index in [-0.39, 0.29) is 6.04 Å². The minimum absolute atomic E-state index is 0.233. The van der Waals surface area contributed by atoms with Crippen molar-refractivity contribution >= 4 is 11.8 Å². The predicted octanol–water partition coefficient (Wildman–Crippen LogP) is 2.28. The lowest BCUT2D eigenvalue weighted by Gasteiger charge is -2.22. The van der Waals surface area contributed by atoms with Crippen LogP contribution in [0.2, 0.25) is 0 Å². The number of aromatic nitrogens is 2. The Bertz CT molecular complexity index is 413. The SMILES string of the molecule is CCC(N)Cc1c(C)nn(C)c1SC1CCOCC1. The third-order valence-corrected chi connectivity index (χ3v) is 5.26. The lowest BCUT2D eigenvalue weighted by Crippen LogP contribution is -2.22. The fourth-order valence-electron chi connectivity index (χ4n) is 2.42. The summed E-state index contributed by atoms with van der Waals surface area (Å²) in [6, 6.07) is 0.233. The first-order valence-electron chi connectivity index (χ1n) is 7.14. The van der Waals surface area contributed by atoms with E-state index in [9.17, 15) is 0 Å². The van der Waals surface area contributed by atoms with Crippen LogP contribution in [0.25, 0.3) is 0 Å². The highest BCUT2D eigenvalue weighted by molar-refractivity contribution is 7.99. The Morgan fingerprint density at radius 2 is 2.16 bits per heavy atom. The fraction of sp³-hybridized carbons (Fsp3) is 0.786. The van der Waals surface area contributed by atoms with Crippen LogP contribution in [0.5, 0.6) is 0 Å². The topological polar surface area (TPSA) is 53.1 Å². The van der Waals surface area contributed by atoms with Crippen molar-refractivity contribution in [1.29, 1.82) is 0 Å². The van der Waals surface area contributed by atoms with E-state index < -0.39 is 0 Å². The molecule has 1 fully saturated rings. The van der Waals surface area contributed by atoms with E-state index in [4.69, 9.17) is 10.5 Å². The average Bonchev–Trinajstić information content (AvgIpc) is 2.67. The monoisotopic (exact) mass is 283 g/mol. The molecule has 0 spiro atoms. The molecule has 1 unspecified atom stereocenters. The van der Waals surface area contributed by atoms with Gasteiger partial charge in [-0.15, -0.1) is 11.8 Å². The van der Waals surface area contributed by atoms with Crippen LogP contribution in [0, 0.1) is 6.92 Å². The summed E-state index contributed by atoms with van der Waals surface area (Å²) in [6.45, 7) is 6.00. The second kappa shape index (κ2) is 6.77. The van der Waals surface area contributed by atoms with Gasteiger partial charge in [-0.05, 0) is 32.6 Å². The number of thioether (sulfide) groups is 1. The molecule has 108 valence electrons. The van der Waals surface area contributed by atoms with E-state index >= 15 is 0 Å².